The van der Waals surface area contributed by atoms with E-state index in [0.29, 0.717) is 23.7 Å². The van der Waals surface area contributed by atoms with Crippen molar-refractivity contribution < 1.29 is 4.42 Å². The highest BCUT2D eigenvalue weighted by Crippen LogP contribution is 2.23. The lowest BCUT2D eigenvalue weighted by Gasteiger charge is -2.41. The molecule has 2 heterocycles. The Bertz CT molecular complexity index is 612. The van der Waals surface area contributed by atoms with Crippen LogP contribution in [0.3, 0.4) is 0 Å². The third kappa shape index (κ3) is 4.18. The number of hydrogen-bond donors (Lipinski definition) is 0. The van der Waals surface area contributed by atoms with Crippen molar-refractivity contribution in [3.8, 4) is 0 Å². The molecule has 0 saturated carbocycles. The summed E-state index contributed by atoms with van der Waals surface area (Å²) in [6, 6.07) is 11.3. The molecule has 0 aliphatic carbocycles. The first kappa shape index (κ1) is 16.1. The van der Waals surface area contributed by atoms with Crippen molar-refractivity contribution in [3.63, 3.8) is 0 Å². The summed E-state index contributed by atoms with van der Waals surface area (Å²) in [6.07, 6.45) is 1.18. The molecule has 23 heavy (non-hydrogen) atoms. The van der Waals surface area contributed by atoms with E-state index in [2.05, 4.69) is 64.3 Å². The van der Waals surface area contributed by atoms with Crippen LogP contribution in [0.5, 0.6) is 0 Å². The minimum absolute atomic E-state index is 0.564. The highest BCUT2D eigenvalue weighted by molar-refractivity contribution is 5.14. The van der Waals surface area contributed by atoms with Crippen molar-refractivity contribution in [1.29, 1.82) is 0 Å². The molecule has 0 radical (unpaired) electrons. The number of aromatic nitrogens is 2. The van der Waals surface area contributed by atoms with E-state index in [-0.39, 0.29) is 0 Å². The van der Waals surface area contributed by atoms with E-state index < -0.39 is 0 Å². The lowest BCUT2D eigenvalue weighted by molar-refractivity contribution is 0.0672. The monoisotopic (exact) mass is 314 g/mol. The molecule has 1 aliphatic heterocycles. The fourth-order valence-corrected chi connectivity index (χ4v) is 3.59. The van der Waals surface area contributed by atoms with Crippen LogP contribution in [0, 0.1) is 12.8 Å². The predicted octanol–water partition coefficient (Wildman–Crippen LogP) is 2.72. The maximum Gasteiger partial charge on any atom is 0.230 e. The lowest BCUT2D eigenvalue weighted by atomic mass is 9.92. The Hall–Kier alpha value is -1.72. The molecule has 0 unspecified atom stereocenters. The molecule has 1 aromatic carbocycles. The fraction of sp³-hybridized carbons (Fsp3) is 0.556. The first-order chi connectivity index (χ1) is 11.1. The Labute approximate surface area is 138 Å². The highest BCUT2D eigenvalue weighted by atomic mass is 16.4. The Morgan fingerprint density at radius 3 is 2.70 bits per heavy atom. The number of hydrogen-bond acceptors (Lipinski definition) is 5. The summed E-state index contributed by atoms with van der Waals surface area (Å²) in [4.78, 5) is 4.92. The van der Waals surface area contributed by atoms with Gasteiger partial charge in [0.25, 0.3) is 0 Å². The molecule has 0 spiro atoms. The molecule has 1 aliphatic rings. The zero-order chi connectivity index (χ0) is 16.2. The average Bonchev–Trinajstić information content (AvgIpc) is 2.93. The van der Waals surface area contributed by atoms with Gasteiger partial charge in [0, 0.05) is 26.1 Å². The zero-order valence-corrected chi connectivity index (χ0v) is 14.3. The molecule has 0 bridgehead atoms. The highest BCUT2D eigenvalue weighted by Gasteiger charge is 2.29. The number of benzene rings is 1. The maximum atomic E-state index is 5.51. The summed E-state index contributed by atoms with van der Waals surface area (Å²) in [5, 5.41) is 8.02. The smallest absolute Gasteiger partial charge is 0.230 e. The van der Waals surface area contributed by atoms with Gasteiger partial charge in [0.1, 0.15) is 0 Å². The van der Waals surface area contributed by atoms with E-state index in [1.807, 2.05) is 6.92 Å². The molecule has 1 fully saturated rings. The van der Waals surface area contributed by atoms with Crippen molar-refractivity contribution in [2.45, 2.75) is 39.4 Å². The topological polar surface area (TPSA) is 45.4 Å². The average molecular weight is 314 g/mol. The van der Waals surface area contributed by atoms with Crippen molar-refractivity contribution in [3.05, 3.63) is 47.7 Å². The summed E-state index contributed by atoms with van der Waals surface area (Å²) in [7, 11) is 2.16. The van der Waals surface area contributed by atoms with Crippen molar-refractivity contribution >= 4 is 0 Å². The molecule has 1 saturated heterocycles. The maximum absolute atomic E-state index is 5.51. The van der Waals surface area contributed by atoms with Gasteiger partial charge in [-0.15, -0.1) is 10.2 Å². The predicted molar refractivity (Wildman–Crippen MR) is 89.8 cm³/mol. The van der Waals surface area contributed by atoms with Crippen LogP contribution in [0.4, 0.5) is 0 Å². The van der Waals surface area contributed by atoms with Gasteiger partial charge in [0.05, 0.1) is 6.54 Å². The Morgan fingerprint density at radius 1 is 1.26 bits per heavy atom. The normalized spacial score (nSPS) is 22.6. The third-order valence-corrected chi connectivity index (χ3v) is 4.71. The summed E-state index contributed by atoms with van der Waals surface area (Å²) in [5.41, 5.74) is 1.40. The third-order valence-electron chi connectivity index (χ3n) is 4.71. The zero-order valence-electron chi connectivity index (χ0n) is 14.3. The molecule has 2 atom stereocenters. The quantitative estimate of drug-likeness (QED) is 0.849. The van der Waals surface area contributed by atoms with Gasteiger partial charge in [-0.25, -0.2) is 0 Å². The summed E-state index contributed by atoms with van der Waals surface area (Å²) >= 11 is 0. The van der Waals surface area contributed by atoms with E-state index >= 15 is 0 Å². The molecule has 2 aromatic rings. The number of likely N-dealkylation sites (tertiary alicyclic amines) is 1. The second kappa shape index (κ2) is 7.23. The molecule has 124 valence electrons. The van der Waals surface area contributed by atoms with Crippen LogP contribution < -0.4 is 0 Å². The van der Waals surface area contributed by atoms with E-state index in [9.17, 15) is 0 Å². The van der Waals surface area contributed by atoms with E-state index in [1.165, 1.54) is 12.0 Å². The number of piperidine rings is 1. The first-order valence-electron chi connectivity index (χ1n) is 8.37. The minimum Gasteiger partial charge on any atom is -0.424 e. The Balaban J connectivity index is 1.53. The lowest BCUT2D eigenvalue weighted by Crippen LogP contribution is -2.48. The van der Waals surface area contributed by atoms with E-state index in [0.717, 1.165) is 26.2 Å². The van der Waals surface area contributed by atoms with Crippen molar-refractivity contribution in [1.82, 2.24) is 20.0 Å². The van der Waals surface area contributed by atoms with E-state index in [1.54, 1.807) is 0 Å². The summed E-state index contributed by atoms with van der Waals surface area (Å²) in [6.45, 7) is 8.22. The first-order valence-corrected chi connectivity index (χ1v) is 8.37. The Kier molecular flexibility index (Phi) is 5.08. The van der Waals surface area contributed by atoms with Crippen LogP contribution in [0.15, 0.2) is 34.7 Å². The van der Waals surface area contributed by atoms with Crippen LogP contribution in [0.2, 0.25) is 0 Å². The van der Waals surface area contributed by atoms with Gasteiger partial charge in [0.15, 0.2) is 0 Å². The second-order valence-electron chi connectivity index (χ2n) is 6.68. The molecular formula is C18H26N4O. The standard InChI is InChI=1S/C18H26N4O/c1-14-11-22(12-16-7-5-4-6-8-16)10-9-17(14)21(3)13-18-20-19-15(2)23-18/h4-8,14,17H,9-13H2,1-3H3/t14-,17+/m0/s1. The number of aryl methyl sites for hydroxylation is 1. The number of rotatable bonds is 5. The fourth-order valence-electron chi connectivity index (χ4n) is 3.59. The molecule has 5 heteroatoms. The molecule has 5 nitrogen and oxygen atoms in total. The van der Waals surface area contributed by atoms with Crippen LogP contribution in [0.1, 0.15) is 30.7 Å². The van der Waals surface area contributed by atoms with Crippen molar-refractivity contribution in [2.75, 3.05) is 20.1 Å². The van der Waals surface area contributed by atoms with Crippen LogP contribution >= 0.6 is 0 Å². The van der Waals surface area contributed by atoms with Gasteiger partial charge in [-0.1, -0.05) is 37.3 Å². The van der Waals surface area contributed by atoms with Gasteiger partial charge >= 0.3 is 0 Å². The number of nitrogens with zero attached hydrogens (tertiary/aromatic N) is 4. The van der Waals surface area contributed by atoms with Crippen LogP contribution in [-0.2, 0) is 13.1 Å². The SMILES string of the molecule is Cc1nnc(CN(C)[C@@H]2CCN(Cc3ccccc3)C[C@@H]2C)o1. The van der Waals surface area contributed by atoms with Crippen LogP contribution in [-0.4, -0.2) is 46.2 Å². The van der Waals surface area contributed by atoms with E-state index in [4.69, 9.17) is 4.42 Å². The van der Waals surface area contributed by atoms with Gasteiger partial charge in [0.2, 0.25) is 11.8 Å². The summed E-state index contributed by atoms with van der Waals surface area (Å²) < 4.78 is 5.51. The van der Waals surface area contributed by atoms with Gasteiger partial charge in [-0.3, -0.25) is 9.80 Å². The van der Waals surface area contributed by atoms with Gasteiger partial charge in [-0.05, 0) is 31.5 Å². The van der Waals surface area contributed by atoms with Crippen LogP contribution in [0.25, 0.3) is 0 Å². The molecule has 0 N–H and O–H groups in total. The van der Waals surface area contributed by atoms with Gasteiger partial charge in [-0.2, -0.15) is 0 Å². The molecule has 3 rings (SSSR count). The van der Waals surface area contributed by atoms with Crippen molar-refractivity contribution in [2.24, 2.45) is 5.92 Å². The Morgan fingerprint density at radius 2 is 2.04 bits per heavy atom. The van der Waals surface area contributed by atoms with Gasteiger partial charge < -0.3 is 4.42 Å². The molecule has 0 amide bonds. The summed E-state index contributed by atoms with van der Waals surface area (Å²) in [5.74, 6) is 1.98. The molecular weight excluding hydrogens is 288 g/mol. The largest absolute Gasteiger partial charge is 0.424 e. The molecule has 1 aromatic heterocycles. The minimum atomic E-state index is 0.564. The second-order valence-corrected chi connectivity index (χ2v) is 6.68.